The number of amidine groups is 1. The molecule has 0 aliphatic carbocycles. The smallest absolute Gasteiger partial charge is 0.198 e. The molecule has 5 rings (SSSR count). The van der Waals surface area contributed by atoms with E-state index in [9.17, 15) is 4.79 Å². The fourth-order valence-corrected chi connectivity index (χ4v) is 4.32. The molecule has 0 fully saturated rings. The summed E-state index contributed by atoms with van der Waals surface area (Å²) in [4.78, 5) is 14.8. The number of hydrogen-bond donors (Lipinski definition) is 0. The van der Waals surface area contributed by atoms with E-state index in [1.807, 2.05) is 120 Å². The number of carbonyl (C=O) groups is 1. The van der Waals surface area contributed by atoms with E-state index in [1.54, 1.807) is 6.92 Å². The predicted octanol–water partition coefficient (Wildman–Crippen LogP) is 6.50. The molecule has 0 bridgehead atoms. The molecule has 0 radical (unpaired) electrons. The van der Waals surface area contributed by atoms with E-state index in [0.29, 0.717) is 12.4 Å². The van der Waals surface area contributed by atoms with Gasteiger partial charge in [0.25, 0.3) is 0 Å². The number of nitrogens with zero attached hydrogens (tertiary/aromatic N) is 3. The molecule has 35 heavy (non-hydrogen) atoms. The van der Waals surface area contributed by atoms with Crippen molar-refractivity contribution in [2.24, 2.45) is 5.10 Å². The Balaban J connectivity index is 1.63. The molecule has 0 saturated heterocycles. The number of hydrazone groups is 1. The van der Waals surface area contributed by atoms with Gasteiger partial charge in [0.15, 0.2) is 17.8 Å². The molecule has 1 atom stereocenters. The molecule has 0 aromatic heterocycles. The third-order valence-corrected chi connectivity index (χ3v) is 5.96. The van der Waals surface area contributed by atoms with E-state index in [-0.39, 0.29) is 5.78 Å². The highest BCUT2D eigenvalue weighted by Gasteiger charge is 2.40. The van der Waals surface area contributed by atoms with Gasteiger partial charge < -0.3 is 4.74 Å². The highest BCUT2D eigenvalue weighted by atomic mass is 16.5. The molecule has 174 valence electrons. The quantitative estimate of drug-likeness (QED) is 0.315. The first-order valence-electron chi connectivity index (χ1n) is 11.7. The Morgan fingerprint density at radius 1 is 0.829 bits per heavy atom. The lowest BCUT2D eigenvalue weighted by atomic mass is 10.1. The van der Waals surface area contributed by atoms with Crippen LogP contribution in [0.2, 0.25) is 0 Å². The van der Waals surface area contributed by atoms with E-state index in [4.69, 9.17) is 9.84 Å². The maximum atomic E-state index is 12.8. The van der Waals surface area contributed by atoms with Crippen LogP contribution in [-0.4, -0.2) is 11.6 Å². The second kappa shape index (κ2) is 9.85. The number of para-hydroxylation sites is 2. The fourth-order valence-electron chi connectivity index (χ4n) is 4.32. The SMILES string of the molecule is CC(=O)C1=NN(c2ccccc2)C(c2ccccc2OCc2ccccc2)N1c1cccc(C)c1. The Hall–Kier alpha value is -4.38. The van der Waals surface area contributed by atoms with Gasteiger partial charge in [0.05, 0.1) is 5.69 Å². The zero-order chi connectivity index (χ0) is 24.2. The third-order valence-electron chi connectivity index (χ3n) is 5.96. The van der Waals surface area contributed by atoms with Gasteiger partial charge in [0.1, 0.15) is 12.4 Å². The monoisotopic (exact) mass is 461 g/mol. The topological polar surface area (TPSA) is 45.1 Å². The largest absolute Gasteiger partial charge is 0.488 e. The number of hydrogen-bond acceptors (Lipinski definition) is 5. The fraction of sp³-hybridized carbons (Fsp3) is 0.133. The summed E-state index contributed by atoms with van der Waals surface area (Å²) in [6.45, 7) is 4.05. The van der Waals surface area contributed by atoms with Gasteiger partial charge in [-0.3, -0.25) is 9.69 Å². The van der Waals surface area contributed by atoms with E-state index < -0.39 is 6.17 Å². The first-order chi connectivity index (χ1) is 17.1. The van der Waals surface area contributed by atoms with Crippen molar-refractivity contribution < 1.29 is 9.53 Å². The molecule has 4 aromatic rings. The Morgan fingerprint density at radius 2 is 1.49 bits per heavy atom. The van der Waals surface area contributed by atoms with Crippen LogP contribution in [0.4, 0.5) is 11.4 Å². The van der Waals surface area contributed by atoms with Crippen molar-refractivity contribution >= 4 is 23.0 Å². The summed E-state index contributed by atoms with van der Waals surface area (Å²) >= 11 is 0. The molecule has 5 nitrogen and oxygen atoms in total. The average Bonchev–Trinajstić information content (AvgIpc) is 3.30. The third kappa shape index (κ3) is 4.66. The van der Waals surface area contributed by atoms with Crippen molar-refractivity contribution in [3.63, 3.8) is 0 Å². The van der Waals surface area contributed by atoms with Crippen LogP contribution in [0.15, 0.2) is 114 Å². The van der Waals surface area contributed by atoms with E-state index in [1.165, 1.54) is 0 Å². The van der Waals surface area contributed by atoms with Crippen LogP contribution in [0, 0.1) is 6.92 Å². The van der Waals surface area contributed by atoms with Crippen LogP contribution in [-0.2, 0) is 11.4 Å². The van der Waals surface area contributed by atoms with E-state index in [2.05, 4.69) is 6.07 Å². The number of ether oxygens (including phenoxy) is 1. The van der Waals surface area contributed by atoms with Crippen molar-refractivity contribution in [3.8, 4) is 5.75 Å². The lowest BCUT2D eigenvalue weighted by molar-refractivity contribution is -0.111. The number of Topliss-reactive ketones (excluding diaryl/α,β-unsaturated/α-hetero) is 1. The first kappa shape index (κ1) is 22.4. The summed E-state index contributed by atoms with van der Waals surface area (Å²) in [6, 6.07) is 36.1. The maximum absolute atomic E-state index is 12.8. The lowest BCUT2D eigenvalue weighted by Crippen LogP contribution is -2.38. The Kier molecular flexibility index (Phi) is 6.31. The van der Waals surface area contributed by atoms with Gasteiger partial charge in [-0.05, 0) is 48.4 Å². The molecule has 0 spiro atoms. The molecule has 1 heterocycles. The van der Waals surface area contributed by atoms with Gasteiger partial charge in [-0.2, -0.15) is 0 Å². The summed E-state index contributed by atoms with van der Waals surface area (Å²) in [6.07, 6.45) is -0.398. The number of benzene rings is 4. The van der Waals surface area contributed by atoms with Crippen molar-refractivity contribution in [2.75, 3.05) is 9.91 Å². The number of ketones is 1. The molecule has 5 heteroatoms. The highest BCUT2D eigenvalue weighted by Crippen LogP contribution is 2.42. The van der Waals surface area contributed by atoms with E-state index >= 15 is 0 Å². The number of rotatable bonds is 7. The van der Waals surface area contributed by atoms with Gasteiger partial charge in [0, 0.05) is 18.2 Å². The molecule has 0 amide bonds. The number of anilines is 2. The van der Waals surface area contributed by atoms with Crippen molar-refractivity contribution in [1.29, 1.82) is 0 Å². The summed E-state index contributed by atoms with van der Waals surface area (Å²) < 4.78 is 6.33. The highest BCUT2D eigenvalue weighted by molar-refractivity contribution is 6.44. The summed E-state index contributed by atoms with van der Waals surface area (Å²) in [7, 11) is 0. The van der Waals surface area contributed by atoms with Crippen LogP contribution in [0.5, 0.6) is 5.75 Å². The molecule has 0 saturated carbocycles. The Labute approximate surface area is 205 Å². The second-order valence-corrected chi connectivity index (χ2v) is 8.55. The standard InChI is InChI=1S/C30H27N3O2/c1-22-12-11-17-26(20-22)32-29(23(2)34)31-33(25-15-7-4-8-16-25)30(32)27-18-9-10-19-28(27)35-21-24-13-5-3-6-14-24/h3-20,30H,21H2,1-2H3. The number of carbonyl (C=O) groups excluding carboxylic acids is 1. The number of aryl methyl sites for hydroxylation is 1. The molecule has 4 aromatic carbocycles. The molecular weight excluding hydrogens is 434 g/mol. The van der Waals surface area contributed by atoms with Crippen LogP contribution in [0.25, 0.3) is 0 Å². The van der Waals surface area contributed by atoms with Gasteiger partial charge in [0.2, 0.25) is 0 Å². The molecule has 0 N–H and O–H groups in total. The minimum atomic E-state index is -0.398. The van der Waals surface area contributed by atoms with Crippen molar-refractivity contribution in [3.05, 3.63) is 126 Å². The normalized spacial score (nSPS) is 15.1. The minimum Gasteiger partial charge on any atom is -0.488 e. The zero-order valence-electron chi connectivity index (χ0n) is 19.8. The van der Waals surface area contributed by atoms with Gasteiger partial charge in [-0.25, -0.2) is 5.01 Å². The maximum Gasteiger partial charge on any atom is 0.198 e. The lowest BCUT2D eigenvalue weighted by Gasteiger charge is -2.33. The average molecular weight is 462 g/mol. The molecular formula is C30H27N3O2. The minimum absolute atomic E-state index is 0.0994. The summed E-state index contributed by atoms with van der Waals surface area (Å²) in [5.41, 5.74) is 4.92. The van der Waals surface area contributed by atoms with Crippen molar-refractivity contribution in [2.45, 2.75) is 26.6 Å². The van der Waals surface area contributed by atoms with E-state index in [0.717, 1.165) is 33.8 Å². The van der Waals surface area contributed by atoms with Gasteiger partial charge in [-0.1, -0.05) is 78.9 Å². The first-order valence-corrected chi connectivity index (χ1v) is 11.7. The second-order valence-electron chi connectivity index (χ2n) is 8.55. The van der Waals surface area contributed by atoms with Crippen LogP contribution in [0.1, 0.15) is 29.8 Å². The Morgan fingerprint density at radius 3 is 2.20 bits per heavy atom. The predicted molar refractivity (Wildman–Crippen MR) is 141 cm³/mol. The van der Waals surface area contributed by atoms with Crippen molar-refractivity contribution in [1.82, 2.24) is 0 Å². The Bertz CT molecular complexity index is 1350. The summed E-state index contributed by atoms with van der Waals surface area (Å²) in [5, 5.41) is 6.74. The van der Waals surface area contributed by atoms with Crippen LogP contribution >= 0.6 is 0 Å². The van der Waals surface area contributed by atoms with Crippen LogP contribution < -0.4 is 14.6 Å². The zero-order valence-corrected chi connectivity index (χ0v) is 19.8. The van der Waals surface area contributed by atoms with Crippen LogP contribution in [0.3, 0.4) is 0 Å². The molecule has 1 aliphatic heterocycles. The van der Waals surface area contributed by atoms with Gasteiger partial charge >= 0.3 is 0 Å². The summed E-state index contributed by atoms with van der Waals surface area (Å²) in [5.74, 6) is 1.04. The molecule has 1 aliphatic rings. The molecule has 1 unspecified atom stereocenters. The van der Waals surface area contributed by atoms with Gasteiger partial charge in [-0.15, -0.1) is 5.10 Å².